The second-order valence-corrected chi connectivity index (χ2v) is 8.27. The first-order valence-electron chi connectivity index (χ1n) is 9.94. The van der Waals surface area contributed by atoms with Gasteiger partial charge in [0.25, 0.3) is 11.8 Å². The van der Waals surface area contributed by atoms with Gasteiger partial charge >= 0.3 is 0 Å². The molecule has 0 radical (unpaired) electrons. The Morgan fingerprint density at radius 2 is 2.03 bits per heavy atom. The van der Waals surface area contributed by atoms with Crippen molar-refractivity contribution in [3.8, 4) is 11.5 Å². The number of carbonyl (C=O) groups is 2. The molecule has 30 heavy (non-hydrogen) atoms. The third kappa shape index (κ3) is 3.95. The van der Waals surface area contributed by atoms with E-state index in [9.17, 15) is 14.7 Å². The monoisotopic (exact) mass is 429 g/mol. The molecule has 2 aliphatic heterocycles. The fourth-order valence-corrected chi connectivity index (χ4v) is 4.24. The minimum absolute atomic E-state index is 0.0180. The number of aryl methyl sites for hydroxylation is 1. The normalized spacial score (nSPS) is 17.7. The number of anilines is 1. The lowest BCUT2D eigenvalue weighted by molar-refractivity contribution is -0.118. The molecule has 0 bridgehead atoms. The lowest BCUT2D eigenvalue weighted by Crippen LogP contribution is -2.41. The second-order valence-electron chi connectivity index (χ2n) is 7.86. The lowest BCUT2D eigenvalue weighted by atomic mass is 9.85. The van der Waals surface area contributed by atoms with Gasteiger partial charge in [0.05, 0.1) is 5.69 Å². The van der Waals surface area contributed by atoms with Crippen LogP contribution in [0.2, 0.25) is 5.02 Å². The Hall–Kier alpha value is -2.77. The molecule has 158 valence electrons. The second kappa shape index (κ2) is 8.16. The first-order chi connectivity index (χ1) is 14.3. The van der Waals surface area contributed by atoms with Crippen LogP contribution < -0.4 is 15.8 Å². The van der Waals surface area contributed by atoms with E-state index in [2.05, 4.69) is 5.32 Å². The summed E-state index contributed by atoms with van der Waals surface area (Å²) in [6, 6.07) is 8.08. The van der Waals surface area contributed by atoms with Crippen LogP contribution in [0.15, 0.2) is 30.3 Å². The number of benzene rings is 2. The Bertz CT molecular complexity index is 1000. The molecule has 4 rings (SSSR count). The van der Waals surface area contributed by atoms with Crippen LogP contribution in [-0.4, -0.2) is 41.5 Å². The number of likely N-dealkylation sites (tertiary alicyclic amines) is 1. The highest BCUT2D eigenvalue weighted by Crippen LogP contribution is 2.36. The average Bonchev–Trinajstić information content (AvgIpc) is 2.75. The van der Waals surface area contributed by atoms with E-state index in [0.29, 0.717) is 40.7 Å². The van der Waals surface area contributed by atoms with Crippen molar-refractivity contribution in [2.24, 2.45) is 11.7 Å². The predicted octanol–water partition coefficient (Wildman–Crippen LogP) is 3.24. The van der Waals surface area contributed by atoms with Crippen molar-refractivity contribution in [1.82, 2.24) is 4.90 Å². The maximum Gasteiger partial charge on any atom is 0.262 e. The third-order valence-electron chi connectivity index (χ3n) is 5.86. The van der Waals surface area contributed by atoms with E-state index < -0.39 is 0 Å². The number of rotatable bonds is 3. The van der Waals surface area contributed by atoms with Crippen molar-refractivity contribution in [1.29, 1.82) is 0 Å². The van der Waals surface area contributed by atoms with Gasteiger partial charge in [-0.2, -0.15) is 0 Å². The van der Waals surface area contributed by atoms with Gasteiger partial charge in [-0.1, -0.05) is 11.6 Å². The minimum Gasteiger partial charge on any atom is -0.508 e. The summed E-state index contributed by atoms with van der Waals surface area (Å²) < 4.78 is 5.34. The Morgan fingerprint density at radius 3 is 2.77 bits per heavy atom. The molecule has 7 nitrogen and oxygen atoms in total. The van der Waals surface area contributed by atoms with Gasteiger partial charge in [-0.3, -0.25) is 9.59 Å². The Morgan fingerprint density at radius 1 is 1.30 bits per heavy atom. The molecule has 2 heterocycles. The van der Waals surface area contributed by atoms with Gasteiger partial charge in [-0.25, -0.2) is 0 Å². The molecule has 8 heteroatoms. The number of nitrogens with zero attached hydrogens (tertiary/aromatic N) is 1. The molecular formula is C22H24ClN3O4. The molecule has 2 aromatic rings. The number of hydrogen-bond donors (Lipinski definition) is 3. The molecule has 2 aromatic carbocycles. The lowest BCUT2D eigenvalue weighted by Gasteiger charge is -2.35. The number of nitrogens with two attached hydrogens (primary N) is 1. The zero-order valence-electron chi connectivity index (χ0n) is 16.7. The van der Waals surface area contributed by atoms with Gasteiger partial charge in [0, 0.05) is 35.3 Å². The molecule has 2 amide bonds. The standard InChI is InChI=1S/C22H24ClN3O4/c1-12-8-18(27)15(10-16(12)23)21(24)13-4-6-26(7-5-13)22(29)14-2-3-19-17(9-14)25-20(28)11-30-19/h2-3,8-10,13,21,27H,4-7,11,24H2,1H3,(H,25,28)/t21-/m1/s1. The van der Waals surface area contributed by atoms with Gasteiger partial charge in [0.1, 0.15) is 11.5 Å². The van der Waals surface area contributed by atoms with Gasteiger partial charge in [0.15, 0.2) is 6.61 Å². The number of ether oxygens (including phenoxy) is 1. The molecule has 0 spiro atoms. The number of phenolic OH excluding ortho intramolecular Hbond substituents is 1. The summed E-state index contributed by atoms with van der Waals surface area (Å²) in [5, 5.41) is 13.6. The number of hydrogen-bond acceptors (Lipinski definition) is 5. The summed E-state index contributed by atoms with van der Waals surface area (Å²) in [6.07, 6.45) is 1.45. The van der Waals surface area contributed by atoms with Gasteiger partial charge < -0.3 is 25.8 Å². The van der Waals surface area contributed by atoms with Crippen LogP contribution in [0.3, 0.4) is 0 Å². The Balaban J connectivity index is 1.42. The number of piperidine rings is 1. The SMILES string of the molecule is Cc1cc(O)c([C@H](N)C2CCN(C(=O)c3ccc4c(c3)NC(=O)CO4)CC2)cc1Cl. The van der Waals surface area contributed by atoms with Crippen LogP contribution >= 0.6 is 11.6 Å². The van der Waals surface area contributed by atoms with Crippen LogP contribution in [0, 0.1) is 12.8 Å². The zero-order chi connectivity index (χ0) is 21.4. The summed E-state index contributed by atoms with van der Waals surface area (Å²) in [5.41, 5.74) is 8.90. The molecular weight excluding hydrogens is 406 g/mol. The number of amides is 2. The summed E-state index contributed by atoms with van der Waals surface area (Å²) in [5.74, 6) is 0.524. The number of halogens is 1. The van der Waals surface area contributed by atoms with E-state index in [4.69, 9.17) is 22.1 Å². The Labute approximate surface area is 179 Å². The van der Waals surface area contributed by atoms with Crippen molar-refractivity contribution in [3.05, 3.63) is 52.0 Å². The van der Waals surface area contributed by atoms with E-state index in [1.165, 1.54) is 0 Å². The smallest absolute Gasteiger partial charge is 0.262 e. The summed E-state index contributed by atoms with van der Waals surface area (Å²) >= 11 is 6.21. The number of nitrogens with one attached hydrogen (secondary N) is 1. The average molecular weight is 430 g/mol. The van der Waals surface area contributed by atoms with Crippen LogP contribution in [0.1, 0.15) is 40.4 Å². The summed E-state index contributed by atoms with van der Waals surface area (Å²) in [7, 11) is 0. The zero-order valence-corrected chi connectivity index (χ0v) is 17.4. The molecule has 0 unspecified atom stereocenters. The van der Waals surface area contributed by atoms with Crippen molar-refractivity contribution in [2.75, 3.05) is 25.0 Å². The minimum atomic E-state index is -0.351. The molecule has 1 atom stereocenters. The highest BCUT2D eigenvalue weighted by molar-refractivity contribution is 6.31. The van der Waals surface area contributed by atoms with Crippen LogP contribution in [0.4, 0.5) is 5.69 Å². The first-order valence-corrected chi connectivity index (χ1v) is 10.3. The van der Waals surface area contributed by atoms with E-state index in [1.54, 1.807) is 35.2 Å². The van der Waals surface area contributed by atoms with Crippen molar-refractivity contribution in [3.63, 3.8) is 0 Å². The topological polar surface area (TPSA) is 105 Å². The van der Waals surface area contributed by atoms with Crippen LogP contribution in [-0.2, 0) is 4.79 Å². The fourth-order valence-electron chi connectivity index (χ4n) is 4.06. The summed E-state index contributed by atoms with van der Waals surface area (Å²) in [4.78, 5) is 26.2. The number of phenols is 1. The highest BCUT2D eigenvalue weighted by Gasteiger charge is 2.30. The number of carbonyl (C=O) groups excluding carboxylic acids is 2. The maximum atomic E-state index is 12.9. The van der Waals surface area contributed by atoms with Gasteiger partial charge in [0.2, 0.25) is 0 Å². The highest BCUT2D eigenvalue weighted by atomic mass is 35.5. The Kier molecular flexibility index (Phi) is 5.58. The first kappa shape index (κ1) is 20.5. The molecule has 1 saturated heterocycles. The van der Waals surface area contributed by atoms with Gasteiger partial charge in [-0.15, -0.1) is 0 Å². The molecule has 2 aliphatic rings. The number of fused-ring (bicyclic) bond motifs is 1. The number of aromatic hydroxyl groups is 1. The van der Waals surface area contributed by atoms with E-state index in [1.807, 2.05) is 6.92 Å². The molecule has 4 N–H and O–H groups in total. The van der Waals surface area contributed by atoms with Gasteiger partial charge in [-0.05, 0) is 61.6 Å². The largest absolute Gasteiger partial charge is 0.508 e. The molecule has 0 aromatic heterocycles. The third-order valence-corrected chi connectivity index (χ3v) is 6.27. The summed E-state index contributed by atoms with van der Waals surface area (Å²) in [6.45, 7) is 2.95. The van der Waals surface area contributed by atoms with Crippen molar-refractivity contribution >= 4 is 29.1 Å². The quantitative estimate of drug-likeness (QED) is 0.694. The molecule has 1 fully saturated rings. The van der Waals surface area contributed by atoms with Crippen LogP contribution in [0.5, 0.6) is 11.5 Å². The van der Waals surface area contributed by atoms with E-state index >= 15 is 0 Å². The van der Waals surface area contributed by atoms with Crippen molar-refractivity contribution < 1.29 is 19.4 Å². The van der Waals surface area contributed by atoms with Crippen LogP contribution in [0.25, 0.3) is 0 Å². The van der Waals surface area contributed by atoms with Crippen molar-refractivity contribution in [2.45, 2.75) is 25.8 Å². The maximum absolute atomic E-state index is 12.9. The molecule has 0 aliphatic carbocycles. The van der Waals surface area contributed by atoms with E-state index in [0.717, 1.165) is 18.4 Å². The van der Waals surface area contributed by atoms with E-state index in [-0.39, 0.29) is 36.1 Å². The predicted molar refractivity (Wildman–Crippen MR) is 114 cm³/mol. The fraction of sp³-hybridized carbons (Fsp3) is 0.364. The molecule has 0 saturated carbocycles.